The van der Waals surface area contributed by atoms with Crippen LogP contribution in [-0.2, 0) is 22.6 Å². The molecule has 0 aromatic heterocycles. The molecular formula is C21H18NO4-. The van der Waals surface area contributed by atoms with Crippen molar-refractivity contribution in [3.63, 3.8) is 0 Å². The maximum absolute atomic E-state index is 12.0. The summed E-state index contributed by atoms with van der Waals surface area (Å²) in [5.41, 5.74) is 1.64. The van der Waals surface area contributed by atoms with Gasteiger partial charge in [0, 0.05) is 0 Å². The van der Waals surface area contributed by atoms with Crippen LogP contribution < -0.4 is 10.4 Å². The summed E-state index contributed by atoms with van der Waals surface area (Å²) < 4.78 is 5.09. The van der Waals surface area contributed by atoms with E-state index in [0.717, 1.165) is 21.9 Å². The fourth-order valence-electron chi connectivity index (χ4n) is 2.79. The number of carbonyl (C=O) groups excluding carboxylic acids is 2. The van der Waals surface area contributed by atoms with Crippen molar-refractivity contribution in [3.05, 3.63) is 83.9 Å². The summed E-state index contributed by atoms with van der Waals surface area (Å²) in [7, 11) is 0. The summed E-state index contributed by atoms with van der Waals surface area (Å²) in [4.78, 5) is 23.4. The van der Waals surface area contributed by atoms with Crippen LogP contribution in [0.2, 0.25) is 0 Å². The van der Waals surface area contributed by atoms with Crippen LogP contribution >= 0.6 is 0 Å². The third kappa shape index (κ3) is 4.39. The monoisotopic (exact) mass is 348 g/mol. The molecule has 0 unspecified atom stereocenters. The molecule has 1 N–H and O–H groups in total. The van der Waals surface area contributed by atoms with Gasteiger partial charge in [-0.3, -0.25) is 0 Å². The lowest BCUT2D eigenvalue weighted by molar-refractivity contribution is -0.308. The highest BCUT2D eigenvalue weighted by molar-refractivity contribution is 5.87. The number of hydrogen-bond acceptors (Lipinski definition) is 4. The van der Waals surface area contributed by atoms with Crippen molar-refractivity contribution < 1.29 is 19.4 Å². The van der Waals surface area contributed by atoms with Gasteiger partial charge in [-0.15, -0.1) is 0 Å². The average molecular weight is 348 g/mol. The van der Waals surface area contributed by atoms with Crippen molar-refractivity contribution in [2.24, 2.45) is 0 Å². The lowest BCUT2D eigenvalue weighted by Gasteiger charge is -2.20. The van der Waals surface area contributed by atoms with Gasteiger partial charge in [-0.05, 0) is 28.3 Å². The topological polar surface area (TPSA) is 78.5 Å². The molecule has 3 rings (SSSR count). The zero-order valence-electron chi connectivity index (χ0n) is 14.1. The number of nitrogens with one attached hydrogen (secondary N) is 1. The van der Waals surface area contributed by atoms with Crippen LogP contribution in [0.3, 0.4) is 0 Å². The first kappa shape index (κ1) is 17.5. The Morgan fingerprint density at radius 1 is 0.923 bits per heavy atom. The molecule has 0 saturated carbocycles. The average Bonchev–Trinajstić information content (AvgIpc) is 2.67. The van der Waals surface area contributed by atoms with Gasteiger partial charge in [0.15, 0.2) is 0 Å². The Kier molecular flexibility index (Phi) is 5.49. The van der Waals surface area contributed by atoms with E-state index in [1.807, 2.05) is 72.8 Å². The molecule has 3 aromatic carbocycles. The molecule has 0 radical (unpaired) electrons. The maximum Gasteiger partial charge on any atom is 0.408 e. The molecule has 5 nitrogen and oxygen atoms in total. The summed E-state index contributed by atoms with van der Waals surface area (Å²) in [6.45, 7) is 0.0701. The number of hydrogen-bond donors (Lipinski definition) is 1. The predicted molar refractivity (Wildman–Crippen MR) is 96.2 cm³/mol. The fourth-order valence-corrected chi connectivity index (χ4v) is 2.79. The molecule has 5 heteroatoms. The van der Waals surface area contributed by atoms with E-state index in [0.29, 0.717) is 0 Å². The minimum atomic E-state index is -1.35. The van der Waals surface area contributed by atoms with Gasteiger partial charge in [0.1, 0.15) is 6.61 Å². The number of carboxylic acids is 1. The molecule has 0 heterocycles. The smallest absolute Gasteiger partial charge is 0.408 e. The van der Waals surface area contributed by atoms with Crippen LogP contribution in [0.4, 0.5) is 4.79 Å². The van der Waals surface area contributed by atoms with Crippen molar-refractivity contribution >= 4 is 22.8 Å². The zero-order chi connectivity index (χ0) is 18.4. The Labute approximate surface area is 151 Å². The number of alkyl carbamates (subject to hydrolysis) is 1. The Balaban J connectivity index is 1.67. The largest absolute Gasteiger partial charge is 0.548 e. The molecule has 0 aliphatic heterocycles. The van der Waals surface area contributed by atoms with Crippen molar-refractivity contribution in [3.8, 4) is 0 Å². The molecule has 1 amide bonds. The quantitative estimate of drug-likeness (QED) is 0.742. The van der Waals surface area contributed by atoms with E-state index < -0.39 is 18.1 Å². The van der Waals surface area contributed by atoms with E-state index in [4.69, 9.17) is 4.74 Å². The highest BCUT2D eigenvalue weighted by atomic mass is 16.5. The molecule has 26 heavy (non-hydrogen) atoms. The van der Waals surface area contributed by atoms with E-state index in [1.54, 1.807) is 0 Å². The van der Waals surface area contributed by atoms with E-state index >= 15 is 0 Å². The number of carboxylic acid groups (broad SMARTS) is 1. The van der Waals surface area contributed by atoms with Gasteiger partial charge in [-0.25, -0.2) is 4.79 Å². The van der Waals surface area contributed by atoms with Gasteiger partial charge in [-0.1, -0.05) is 72.8 Å². The molecule has 0 spiro atoms. The summed E-state index contributed by atoms with van der Waals surface area (Å²) in [6, 6.07) is 21.3. The SMILES string of the molecule is O=C(N[C@@H](Cc1cccc2ccccc12)C(=O)[O-])OCc1ccccc1. The molecule has 0 fully saturated rings. The molecule has 132 valence electrons. The highest BCUT2D eigenvalue weighted by Gasteiger charge is 2.16. The van der Waals surface area contributed by atoms with E-state index in [-0.39, 0.29) is 13.0 Å². The third-order valence-corrected chi connectivity index (χ3v) is 4.09. The number of carbonyl (C=O) groups is 2. The summed E-state index contributed by atoms with van der Waals surface area (Å²) in [5.74, 6) is -1.35. The first-order valence-corrected chi connectivity index (χ1v) is 8.28. The summed E-state index contributed by atoms with van der Waals surface area (Å²) >= 11 is 0. The van der Waals surface area contributed by atoms with Crippen LogP contribution in [0.5, 0.6) is 0 Å². The van der Waals surface area contributed by atoms with Gasteiger partial charge in [-0.2, -0.15) is 0 Å². The Morgan fingerprint density at radius 2 is 1.62 bits per heavy atom. The number of ether oxygens (including phenoxy) is 1. The number of rotatable bonds is 6. The third-order valence-electron chi connectivity index (χ3n) is 4.09. The summed E-state index contributed by atoms with van der Waals surface area (Å²) in [6.07, 6.45) is -0.673. The van der Waals surface area contributed by atoms with Gasteiger partial charge in [0.05, 0.1) is 12.0 Å². The molecule has 0 bridgehead atoms. The van der Waals surface area contributed by atoms with Crippen LogP contribution in [0.1, 0.15) is 11.1 Å². The lowest BCUT2D eigenvalue weighted by Crippen LogP contribution is -2.49. The number of fused-ring (bicyclic) bond motifs is 1. The number of amides is 1. The second kappa shape index (κ2) is 8.16. The molecule has 1 atom stereocenters. The second-order valence-corrected chi connectivity index (χ2v) is 5.92. The van der Waals surface area contributed by atoms with E-state index in [2.05, 4.69) is 5.32 Å². The van der Waals surface area contributed by atoms with Gasteiger partial charge in [0.2, 0.25) is 0 Å². The van der Waals surface area contributed by atoms with Crippen molar-refractivity contribution in [2.75, 3.05) is 0 Å². The number of aliphatic carboxylic acids is 1. The van der Waals surface area contributed by atoms with Crippen LogP contribution in [0.15, 0.2) is 72.8 Å². The summed E-state index contributed by atoms with van der Waals surface area (Å²) in [5, 5.41) is 15.8. The van der Waals surface area contributed by atoms with Crippen LogP contribution in [0.25, 0.3) is 10.8 Å². The van der Waals surface area contributed by atoms with Gasteiger partial charge < -0.3 is 20.0 Å². The number of benzene rings is 3. The Hall–Kier alpha value is -3.34. The van der Waals surface area contributed by atoms with Crippen molar-refractivity contribution in [2.45, 2.75) is 19.1 Å². The second-order valence-electron chi connectivity index (χ2n) is 5.92. The zero-order valence-corrected chi connectivity index (χ0v) is 14.1. The Morgan fingerprint density at radius 3 is 2.38 bits per heavy atom. The maximum atomic E-state index is 12.0. The first-order chi connectivity index (χ1) is 12.6. The minimum absolute atomic E-state index is 0.0701. The van der Waals surface area contributed by atoms with Gasteiger partial charge >= 0.3 is 6.09 Å². The predicted octanol–water partition coefficient (Wildman–Crippen LogP) is 2.43. The van der Waals surface area contributed by atoms with E-state index in [1.165, 1.54) is 0 Å². The standard InChI is InChI=1S/C21H19NO4/c23-20(24)19(22-21(25)26-14-15-7-2-1-3-8-15)13-17-11-6-10-16-9-4-5-12-18(16)17/h1-12,19H,13-14H2,(H,22,25)(H,23,24)/p-1/t19-/m0/s1. The fraction of sp³-hybridized carbons (Fsp3) is 0.143. The molecule has 0 saturated heterocycles. The lowest BCUT2D eigenvalue weighted by atomic mass is 9.99. The Bertz CT molecular complexity index is 903. The van der Waals surface area contributed by atoms with Crippen molar-refractivity contribution in [1.82, 2.24) is 5.32 Å². The normalized spacial score (nSPS) is 11.7. The molecular weight excluding hydrogens is 330 g/mol. The minimum Gasteiger partial charge on any atom is -0.548 e. The first-order valence-electron chi connectivity index (χ1n) is 8.28. The van der Waals surface area contributed by atoms with Crippen LogP contribution in [0, 0.1) is 0 Å². The molecule has 3 aromatic rings. The highest BCUT2D eigenvalue weighted by Crippen LogP contribution is 2.19. The molecule has 0 aliphatic rings. The van der Waals surface area contributed by atoms with Crippen molar-refractivity contribution in [1.29, 1.82) is 0 Å². The van der Waals surface area contributed by atoms with E-state index in [9.17, 15) is 14.7 Å². The van der Waals surface area contributed by atoms with Crippen LogP contribution in [-0.4, -0.2) is 18.1 Å². The molecule has 0 aliphatic carbocycles. The van der Waals surface area contributed by atoms with Gasteiger partial charge in [0.25, 0.3) is 0 Å².